The van der Waals surface area contributed by atoms with Crippen molar-refractivity contribution in [1.29, 1.82) is 10.8 Å². The van der Waals surface area contributed by atoms with Crippen LogP contribution in [-0.4, -0.2) is 71.8 Å². The SMILES string of the molecule is N=C(N)c1ccc(CC(CN(C(=O)C(F)(F)F)C(C(=O)NCC2CCN(C(=N)N)CC2)C2CCCCC2)c2ccccc2C(F)(F)F)cc1. The highest BCUT2D eigenvalue weighted by Crippen LogP contribution is 2.39. The van der Waals surface area contributed by atoms with Crippen molar-refractivity contribution in [3.63, 3.8) is 0 Å². The van der Waals surface area contributed by atoms with Gasteiger partial charge in [-0.2, -0.15) is 26.3 Å². The predicted octanol–water partition coefficient (Wildman–Crippen LogP) is 5.38. The number of amides is 2. The Morgan fingerprint density at radius 2 is 1.51 bits per heavy atom. The van der Waals surface area contributed by atoms with Gasteiger partial charge in [-0.1, -0.05) is 61.7 Å². The van der Waals surface area contributed by atoms with E-state index in [0.717, 1.165) is 12.5 Å². The van der Waals surface area contributed by atoms with E-state index < -0.39 is 54.2 Å². The lowest BCUT2D eigenvalue weighted by molar-refractivity contribution is -0.190. The molecule has 9 nitrogen and oxygen atoms in total. The lowest BCUT2D eigenvalue weighted by Crippen LogP contribution is -2.58. The van der Waals surface area contributed by atoms with Gasteiger partial charge in [0.2, 0.25) is 5.91 Å². The zero-order valence-electron chi connectivity index (χ0n) is 27.0. The number of nitrogens with one attached hydrogen (secondary N) is 3. The standard InChI is InChI=1S/C34H43F6N7O2/c35-33(36,37)27-9-5-4-8-26(27)25(18-21-10-12-24(13-11-21)29(41)42)20-47(31(49)34(38,39)40)28(23-6-2-1-3-7-23)30(48)45-19-22-14-16-46(17-15-22)32(43)44/h4-5,8-13,22-23,25,28H,1-3,6-7,14-20H2,(H3,41,42)(H3,43,44)(H,45,48). The number of halogens is 6. The van der Waals surface area contributed by atoms with Crippen molar-refractivity contribution in [1.82, 2.24) is 15.1 Å². The molecule has 2 aromatic carbocycles. The number of hydrogen-bond donors (Lipinski definition) is 5. The van der Waals surface area contributed by atoms with Gasteiger partial charge in [0.15, 0.2) is 5.96 Å². The van der Waals surface area contributed by atoms with E-state index in [1.807, 2.05) is 0 Å². The number of piperidine rings is 1. The maximum absolute atomic E-state index is 14.4. The molecule has 0 aromatic heterocycles. The Balaban J connectivity index is 1.73. The van der Waals surface area contributed by atoms with Crippen molar-refractivity contribution in [2.75, 3.05) is 26.2 Å². The number of amidine groups is 1. The number of hydrogen-bond acceptors (Lipinski definition) is 4. The summed E-state index contributed by atoms with van der Waals surface area (Å²) in [7, 11) is 0. The van der Waals surface area contributed by atoms with Crippen molar-refractivity contribution in [3.05, 3.63) is 70.8 Å². The first kappa shape index (κ1) is 37.5. The van der Waals surface area contributed by atoms with E-state index in [1.165, 1.54) is 42.5 Å². The Hall–Kier alpha value is -4.30. The van der Waals surface area contributed by atoms with Crippen LogP contribution in [0.5, 0.6) is 0 Å². The Labute approximate surface area is 281 Å². The van der Waals surface area contributed by atoms with Gasteiger partial charge >= 0.3 is 18.3 Å². The molecule has 2 fully saturated rings. The van der Waals surface area contributed by atoms with Gasteiger partial charge in [0.05, 0.1) is 5.56 Å². The average molecular weight is 696 g/mol. The number of benzene rings is 2. The molecule has 1 saturated carbocycles. The second kappa shape index (κ2) is 15.9. The number of guanidine groups is 1. The summed E-state index contributed by atoms with van der Waals surface area (Å²) in [5, 5.41) is 18.0. The van der Waals surface area contributed by atoms with Crippen molar-refractivity contribution < 1.29 is 35.9 Å². The highest BCUT2D eigenvalue weighted by atomic mass is 19.4. The second-order valence-corrected chi connectivity index (χ2v) is 13.0. The summed E-state index contributed by atoms with van der Waals surface area (Å²) in [4.78, 5) is 29.4. The smallest absolute Gasteiger partial charge is 0.384 e. The predicted molar refractivity (Wildman–Crippen MR) is 173 cm³/mol. The molecule has 15 heteroatoms. The molecule has 49 heavy (non-hydrogen) atoms. The molecule has 7 N–H and O–H groups in total. The van der Waals surface area contributed by atoms with Gasteiger partial charge in [0.25, 0.3) is 0 Å². The maximum Gasteiger partial charge on any atom is 0.471 e. The minimum atomic E-state index is -5.40. The molecule has 0 bridgehead atoms. The molecule has 2 amide bonds. The van der Waals surface area contributed by atoms with Crippen LogP contribution in [0.15, 0.2) is 48.5 Å². The summed E-state index contributed by atoms with van der Waals surface area (Å²) in [6.45, 7) is 0.290. The highest BCUT2D eigenvalue weighted by Gasteiger charge is 2.49. The first-order chi connectivity index (χ1) is 23.1. The fourth-order valence-electron chi connectivity index (χ4n) is 7.00. The van der Waals surface area contributed by atoms with Crippen molar-refractivity contribution in [2.45, 2.75) is 75.7 Å². The number of rotatable bonds is 11. The molecular formula is C34H43F6N7O2. The van der Waals surface area contributed by atoms with E-state index in [9.17, 15) is 35.9 Å². The highest BCUT2D eigenvalue weighted by molar-refractivity contribution is 5.95. The van der Waals surface area contributed by atoms with Crippen LogP contribution in [0.25, 0.3) is 0 Å². The topological polar surface area (TPSA) is 152 Å². The number of likely N-dealkylation sites (tertiary alicyclic amines) is 1. The Kier molecular flexibility index (Phi) is 12.2. The Morgan fingerprint density at radius 3 is 2.06 bits per heavy atom. The molecule has 2 unspecified atom stereocenters. The zero-order valence-corrected chi connectivity index (χ0v) is 27.0. The van der Waals surface area contributed by atoms with E-state index in [4.69, 9.17) is 22.3 Å². The third kappa shape index (κ3) is 9.88. The monoisotopic (exact) mass is 695 g/mol. The molecule has 1 saturated heterocycles. The fourth-order valence-corrected chi connectivity index (χ4v) is 7.00. The summed E-state index contributed by atoms with van der Waals surface area (Å²) in [5.74, 6) is -5.32. The summed E-state index contributed by atoms with van der Waals surface area (Å²) in [6.07, 6.45) is -6.43. The van der Waals surface area contributed by atoms with Crippen molar-refractivity contribution in [3.8, 4) is 0 Å². The van der Waals surface area contributed by atoms with Crippen molar-refractivity contribution in [2.24, 2.45) is 23.3 Å². The molecule has 0 radical (unpaired) electrons. The molecule has 2 aliphatic rings. The van der Waals surface area contributed by atoms with Gasteiger partial charge in [-0.3, -0.25) is 20.4 Å². The molecule has 0 spiro atoms. The van der Waals surface area contributed by atoms with E-state index in [1.54, 1.807) is 4.90 Å². The summed E-state index contributed by atoms with van der Waals surface area (Å²) in [5.41, 5.74) is 10.6. The first-order valence-electron chi connectivity index (χ1n) is 16.4. The van der Waals surface area contributed by atoms with Crippen molar-refractivity contribution >= 4 is 23.6 Å². The number of carbonyl (C=O) groups is 2. The second-order valence-electron chi connectivity index (χ2n) is 13.0. The van der Waals surface area contributed by atoms with Crippen LogP contribution in [0.4, 0.5) is 26.3 Å². The molecule has 1 heterocycles. The lowest BCUT2D eigenvalue weighted by atomic mass is 9.81. The molecule has 268 valence electrons. The van der Waals surface area contributed by atoms with Gasteiger partial charge in [-0.25, -0.2) is 0 Å². The molecule has 1 aliphatic heterocycles. The number of nitrogens with zero attached hydrogens (tertiary/aromatic N) is 2. The van der Waals surface area contributed by atoms with Crippen LogP contribution in [0, 0.1) is 22.7 Å². The van der Waals surface area contributed by atoms with Crippen LogP contribution in [0.3, 0.4) is 0 Å². The van der Waals surface area contributed by atoms with Crippen LogP contribution < -0.4 is 16.8 Å². The minimum Gasteiger partial charge on any atom is -0.384 e. The lowest BCUT2D eigenvalue weighted by Gasteiger charge is -2.40. The molecule has 2 aromatic rings. The molecular weight excluding hydrogens is 652 g/mol. The minimum absolute atomic E-state index is 0.0392. The van der Waals surface area contributed by atoms with Crippen LogP contribution in [0.1, 0.15) is 73.1 Å². The maximum atomic E-state index is 14.4. The number of nitrogen functional groups attached to an aromatic ring is 1. The summed E-state index contributed by atoms with van der Waals surface area (Å²) in [6, 6.07) is 9.04. The Bertz CT molecular complexity index is 1470. The van der Waals surface area contributed by atoms with Gasteiger partial charge in [0.1, 0.15) is 11.9 Å². The first-order valence-corrected chi connectivity index (χ1v) is 16.4. The fraction of sp³-hybridized carbons (Fsp3) is 0.529. The normalized spacial score (nSPS) is 17.6. The zero-order chi connectivity index (χ0) is 35.9. The summed E-state index contributed by atoms with van der Waals surface area (Å²) >= 11 is 0. The molecule has 2 atom stereocenters. The van der Waals surface area contributed by atoms with E-state index >= 15 is 0 Å². The number of alkyl halides is 6. The molecule has 4 rings (SSSR count). The van der Waals surface area contributed by atoms with Gasteiger partial charge in [0, 0.05) is 37.7 Å². The van der Waals surface area contributed by atoms with E-state index in [2.05, 4.69) is 5.32 Å². The quantitative estimate of drug-likeness (QED) is 0.122. The Morgan fingerprint density at radius 1 is 0.898 bits per heavy atom. The summed E-state index contributed by atoms with van der Waals surface area (Å²) < 4.78 is 86.1. The van der Waals surface area contributed by atoms with E-state index in [0.29, 0.717) is 67.6 Å². The van der Waals surface area contributed by atoms with E-state index in [-0.39, 0.29) is 36.2 Å². The van der Waals surface area contributed by atoms with Crippen LogP contribution in [0.2, 0.25) is 0 Å². The van der Waals surface area contributed by atoms with Gasteiger partial charge in [-0.05, 0) is 61.1 Å². The number of carbonyl (C=O) groups excluding carboxylic acids is 2. The van der Waals surface area contributed by atoms with Gasteiger partial charge < -0.3 is 26.6 Å². The van der Waals surface area contributed by atoms with Gasteiger partial charge in [-0.15, -0.1) is 0 Å². The molecule has 1 aliphatic carbocycles. The third-order valence-corrected chi connectivity index (χ3v) is 9.59. The third-order valence-electron chi connectivity index (χ3n) is 9.59. The largest absolute Gasteiger partial charge is 0.471 e. The average Bonchev–Trinajstić information content (AvgIpc) is 3.06. The van der Waals surface area contributed by atoms with Crippen LogP contribution in [-0.2, 0) is 22.2 Å². The number of nitrogens with two attached hydrogens (primary N) is 2. The van der Waals surface area contributed by atoms with Crippen LogP contribution >= 0.6 is 0 Å².